The Morgan fingerprint density at radius 2 is 2.43 bits per heavy atom. The molecule has 0 atom stereocenters. The molecule has 1 N–H and O–H groups in total. The van der Waals surface area contributed by atoms with Gasteiger partial charge in [0.05, 0.1) is 0 Å². The number of rotatable bonds is 3. The number of aliphatic imine (C=N–C) groups is 1. The number of nitrogens with one attached hydrogen (secondary N) is 1. The van der Waals surface area contributed by atoms with E-state index in [1.165, 1.54) is 6.21 Å². The summed E-state index contributed by atoms with van der Waals surface area (Å²) in [4.78, 5) is 3.89. The molecule has 0 radical (unpaired) electrons. The van der Waals surface area contributed by atoms with Gasteiger partial charge in [0.2, 0.25) is 0 Å². The Kier molecular flexibility index (Phi) is 4.84. The summed E-state index contributed by atoms with van der Waals surface area (Å²) >= 11 is 0. The molecule has 0 bridgehead atoms. The van der Waals surface area contributed by atoms with Gasteiger partial charge in [-0.15, -0.1) is 0 Å². The average molecular weight is 98.1 g/mol. The van der Waals surface area contributed by atoms with E-state index >= 15 is 0 Å². The first kappa shape index (κ1) is 6.34. The van der Waals surface area contributed by atoms with Crippen LogP contribution in [0.4, 0.5) is 0 Å². The summed E-state index contributed by atoms with van der Waals surface area (Å²) in [6.07, 6.45) is 3.75. The fourth-order valence-corrected chi connectivity index (χ4v) is 0.256. The van der Waals surface area contributed by atoms with E-state index in [2.05, 4.69) is 4.99 Å². The normalized spacial score (nSPS) is 9.86. The zero-order chi connectivity index (χ0) is 5.54. The molecule has 2 heteroatoms. The molecule has 0 amide bonds. The van der Waals surface area contributed by atoms with Crippen molar-refractivity contribution in [3.63, 3.8) is 0 Å². The van der Waals surface area contributed by atoms with E-state index in [9.17, 15) is 0 Å². The van der Waals surface area contributed by atoms with Crippen molar-refractivity contribution in [2.75, 3.05) is 6.54 Å². The smallest absolute Gasteiger partial charge is 0.0357 e. The van der Waals surface area contributed by atoms with Crippen molar-refractivity contribution in [3.05, 3.63) is 0 Å². The van der Waals surface area contributed by atoms with Crippen molar-refractivity contribution in [1.29, 1.82) is 5.41 Å². The van der Waals surface area contributed by atoms with Crippen LogP contribution in [0.1, 0.15) is 13.3 Å². The molecule has 0 aliphatic carbocycles. The first-order valence-corrected chi connectivity index (χ1v) is 2.39. The highest BCUT2D eigenvalue weighted by Gasteiger charge is 1.64. The Morgan fingerprint density at radius 1 is 1.71 bits per heavy atom. The molecule has 0 saturated carbocycles. The van der Waals surface area contributed by atoms with Crippen LogP contribution < -0.4 is 0 Å². The lowest BCUT2D eigenvalue weighted by Gasteiger charge is -1.75. The highest BCUT2D eigenvalue weighted by atomic mass is 14.7. The molecule has 40 valence electrons. The minimum Gasteiger partial charge on any atom is -0.313 e. The molecule has 0 fully saturated rings. The molecule has 0 spiro atoms. The molecule has 0 aliphatic rings. The van der Waals surface area contributed by atoms with E-state index in [1.807, 2.05) is 6.92 Å². The second kappa shape index (κ2) is 5.34. The third kappa shape index (κ3) is 5.34. The maximum Gasteiger partial charge on any atom is 0.0357 e. The number of nitrogens with zero attached hydrogens (tertiary/aromatic N) is 1. The molecule has 0 aromatic carbocycles. The van der Waals surface area contributed by atoms with Gasteiger partial charge >= 0.3 is 0 Å². The second-order valence-corrected chi connectivity index (χ2v) is 1.12. The van der Waals surface area contributed by atoms with Gasteiger partial charge in [0.25, 0.3) is 0 Å². The monoisotopic (exact) mass is 98.1 g/mol. The average Bonchev–Trinajstić information content (AvgIpc) is 1.69. The molecular formula is C5H10N2. The zero-order valence-electron chi connectivity index (χ0n) is 4.52. The van der Waals surface area contributed by atoms with Crippen LogP contribution in [0.25, 0.3) is 0 Å². The van der Waals surface area contributed by atoms with E-state index in [1.54, 1.807) is 6.21 Å². The number of hydrogen-bond acceptors (Lipinski definition) is 2. The van der Waals surface area contributed by atoms with Crippen LogP contribution in [0.5, 0.6) is 0 Å². The van der Waals surface area contributed by atoms with Crippen LogP contribution in [0.2, 0.25) is 0 Å². The summed E-state index contributed by atoms with van der Waals surface area (Å²) in [5.74, 6) is 0. The van der Waals surface area contributed by atoms with Gasteiger partial charge in [-0.2, -0.15) is 0 Å². The Labute approximate surface area is 43.8 Å². The van der Waals surface area contributed by atoms with E-state index in [-0.39, 0.29) is 0 Å². The predicted molar refractivity (Wildman–Crippen MR) is 32.4 cm³/mol. The molecule has 7 heavy (non-hydrogen) atoms. The first-order valence-electron chi connectivity index (χ1n) is 2.39. The largest absolute Gasteiger partial charge is 0.313 e. The van der Waals surface area contributed by atoms with E-state index in [0.29, 0.717) is 6.42 Å². The van der Waals surface area contributed by atoms with Crippen molar-refractivity contribution in [1.82, 2.24) is 0 Å². The van der Waals surface area contributed by atoms with Gasteiger partial charge in [0.15, 0.2) is 0 Å². The van der Waals surface area contributed by atoms with Gasteiger partial charge in [0.1, 0.15) is 0 Å². The molecule has 0 rings (SSSR count). The van der Waals surface area contributed by atoms with E-state index in [4.69, 9.17) is 5.41 Å². The lowest BCUT2D eigenvalue weighted by atomic mass is 10.5. The van der Waals surface area contributed by atoms with Gasteiger partial charge in [0, 0.05) is 25.4 Å². The molecule has 0 saturated heterocycles. The van der Waals surface area contributed by atoms with Crippen LogP contribution in [0, 0.1) is 5.41 Å². The summed E-state index contributed by atoms with van der Waals surface area (Å²) in [6, 6.07) is 0. The molecule has 2 nitrogen and oxygen atoms in total. The Hall–Kier alpha value is -0.660. The summed E-state index contributed by atoms with van der Waals surface area (Å²) in [5.41, 5.74) is 0. The van der Waals surface area contributed by atoms with Crippen LogP contribution in [-0.4, -0.2) is 19.0 Å². The molecule has 0 aromatic heterocycles. The highest BCUT2D eigenvalue weighted by Crippen LogP contribution is 1.65. The van der Waals surface area contributed by atoms with Crippen LogP contribution >= 0.6 is 0 Å². The predicted octanol–water partition coefficient (Wildman–Crippen LogP) is 1.12. The van der Waals surface area contributed by atoms with E-state index < -0.39 is 0 Å². The Bertz CT molecular complexity index is 66.5. The van der Waals surface area contributed by atoms with Crippen molar-refractivity contribution < 1.29 is 0 Å². The van der Waals surface area contributed by atoms with Gasteiger partial charge < -0.3 is 5.41 Å². The molecule has 0 heterocycles. The van der Waals surface area contributed by atoms with Crippen molar-refractivity contribution in [2.45, 2.75) is 13.3 Å². The molecule has 0 unspecified atom stereocenters. The highest BCUT2D eigenvalue weighted by molar-refractivity contribution is 5.77. The van der Waals surface area contributed by atoms with Gasteiger partial charge in [-0.1, -0.05) is 0 Å². The minimum atomic E-state index is 0.674. The van der Waals surface area contributed by atoms with Crippen LogP contribution in [0.3, 0.4) is 0 Å². The summed E-state index contributed by atoms with van der Waals surface area (Å²) in [6.45, 7) is 2.80. The van der Waals surface area contributed by atoms with Crippen molar-refractivity contribution >= 4 is 12.4 Å². The third-order valence-electron chi connectivity index (χ3n) is 0.535. The lowest BCUT2D eigenvalue weighted by molar-refractivity contribution is 1.13. The van der Waals surface area contributed by atoms with Crippen molar-refractivity contribution in [2.24, 2.45) is 4.99 Å². The van der Waals surface area contributed by atoms with Gasteiger partial charge in [-0.05, 0) is 6.92 Å². The molecule has 0 aromatic rings. The topological polar surface area (TPSA) is 36.2 Å². The van der Waals surface area contributed by atoms with Crippen LogP contribution in [-0.2, 0) is 0 Å². The number of hydrogen-bond donors (Lipinski definition) is 1. The summed E-state index contributed by atoms with van der Waals surface area (Å²) in [5, 5.41) is 6.56. The maximum absolute atomic E-state index is 6.56. The fourth-order valence-electron chi connectivity index (χ4n) is 0.256. The summed E-state index contributed by atoms with van der Waals surface area (Å²) < 4.78 is 0. The van der Waals surface area contributed by atoms with Gasteiger partial charge in [-0.3, -0.25) is 4.99 Å². The third-order valence-corrected chi connectivity index (χ3v) is 0.535. The lowest BCUT2D eigenvalue weighted by Crippen LogP contribution is -1.75. The molecular weight excluding hydrogens is 88.1 g/mol. The second-order valence-electron chi connectivity index (χ2n) is 1.12. The quantitative estimate of drug-likeness (QED) is 0.513. The zero-order valence-corrected chi connectivity index (χ0v) is 4.52. The molecule has 0 aliphatic heterocycles. The van der Waals surface area contributed by atoms with Gasteiger partial charge in [-0.25, -0.2) is 0 Å². The standard InChI is InChI=1S/C5H10N2/c1-2-7-5-3-4-6/h4-6H,2-3H2,1H3. The fraction of sp³-hybridized carbons (Fsp3) is 0.600. The van der Waals surface area contributed by atoms with E-state index in [0.717, 1.165) is 6.54 Å². The summed E-state index contributed by atoms with van der Waals surface area (Å²) in [7, 11) is 0. The van der Waals surface area contributed by atoms with Crippen LogP contribution in [0.15, 0.2) is 4.99 Å². The Morgan fingerprint density at radius 3 is 2.86 bits per heavy atom. The van der Waals surface area contributed by atoms with Crippen molar-refractivity contribution in [3.8, 4) is 0 Å². The Balaban J connectivity index is 2.92. The first-order chi connectivity index (χ1) is 3.41. The maximum atomic E-state index is 6.56. The minimum absolute atomic E-state index is 0.674. The SMILES string of the molecule is CCN=CCC=N.